The Morgan fingerprint density at radius 2 is 1.85 bits per heavy atom. The number of nitrogens with zero attached hydrogens (tertiary/aromatic N) is 2. The summed E-state index contributed by atoms with van der Waals surface area (Å²) in [6.07, 6.45) is 1.87. The summed E-state index contributed by atoms with van der Waals surface area (Å²) < 4.78 is 15.1. The van der Waals surface area contributed by atoms with Crippen LogP contribution in [0.2, 0.25) is 0 Å². The Hall–Kier alpha value is -2.17. The van der Waals surface area contributed by atoms with E-state index in [4.69, 9.17) is 0 Å². The van der Waals surface area contributed by atoms with Crippen LogP contribution in [0.25, 0.3) is 0 Å². The van der Waals surface area contributed by atoms with Gasteiger partial charge in [-0.15, -0.1) is 0 Å². The van der Waals surface area contributed by atoms with E-state index in [1.54, 1.807) is 12.1 Å². The third-order valence-electron chi connectivity index (χ3n) is 4.69. The fraction of sp³-hybridized carbons (Fsp3) is 0.524. The molecule has 26 heavy (non-hydrogen) atoms. The van der Waals surface area contributed by atoms with Crippen molar-refractivity contribution in [2.75, 3.05) is 0 Å². The molecule has 0 saturated carbocycles. The van der Waals surface area contributed by atoms with Gasteiger partial charge in [-0.1, -0.05) is 32.9 Å². The summed E-state index contributed by atoms with van der Waals surface area (Å²) >= 11 is 0. The van der Waals surface area contributed by atoms with Crippen molar-refractivity contribution in [3.8, 4) is 0 Å². The number of carbonyl (C=O) groups is 1. The molecule has 2 rings (SSSR count). The molecule has 4 nitrogen and oxygen atoms in total. The van der Waals surface area contributed by atoms with Crippen LogP contribution < -0.4 is 5.32 Å². The number of benzene rings is 1. The number of rotatable bonds is 6. The molecular formula is C21H30FN3O. The SMILES string of the molecule is Cc1nn(C)c(C)c1CCC(=O)N[C@@H](CC(C)(C)C)c1ccc(F)cc1. The largest absolute Gasteiger partial charge is 0.349 e. The van der Waals surface area contributed by atoms with Crippen LogP contribution in [-0.4, -0.2) is 15.7 Å². The molecule has 5 heteroatoms. The first kappa shape index (κ1) is 20.1. The lowest BCUT2D eigenvalue weighted by Crippen LogP contribution is -2.31. The molecule has 0 fully saturated rings. The molecule has 1 heterocycles. The predicted molar refractivity (Wildman–Crippen MR) is 102 cm³/mol. The third-order valence-corrected chi connectivity index (χ3v) is 4.69. The summed E-state index contributed by atoms with van der Waals surface area (Å²) in [5, 5.41) is 7.54. The summed E-state index contributed by atoms with van der Waals surface area (Å²) in [7, 11) is 1.92. The van der Waals surface area contributed by atoms with Gasteiger partial charge in [-0.25, -0.2) is 4.39 Å². The molecule has 0 saturated heterocycles. The minimum absolute atomic E-state index is 0.00577. The lowest BCUT2D eigenvalue weighted by molar-refractivity contribution is -0.122. The van der Waals surface area contributed by atoms with Crippen molar-refractivity contribution in [1.29, 1.82) is 0 Å². The molecule has 0 aliphatic heterocycles. The third kappa shape index (κ3) is 5.41. The van der Waals surface area contributed by atoms with E-state index in [1.807, 2.05) is 25.6 Å². The number of halogens is 1. The first-order valence-corrected chi connectivity index (χ1v) is 9.11. The molecule has 1 amide bonds. The van der Waals surface area contributed by atoms with Crippen molar-refractivity contribution in [1.82, 2.24) is 15.1 Å². The Balaban J connectivity index is 2.07. The van der Waals surface area contributed by atoms with E-state index in [-0.39, 0.29) is 23.2 Å². The molecule has 1 N–H and O–H groups in total. The monoisotopic (exact) mass is 359 g/mol. The second kappa shape index (κ2) is 8.02. The molecule has 0 aliphatic carbocycles. The van der Waals surface area contributed by atoms with Crippen LogP contribution in [-0.2, 0) is 18.3 Å². The van der Waals surface area contributed by atoms with E-state index in [0.717, 1.165) is 28.9 Å². The Bertz CT molecular complexity index is 757. The van der Waals surface area contributed by atoms with Gasteiger partial charge in [0, 0.05) is 19.2 Å². The van der Waals surface area contributed by atoms with Crippen molar-refractivity contribution in [3.63, 3.8) is 0 Å². The summed E-state index contributed by atoms with van der Waals surface area (Å²) in [6, 6.07) is 6.27. The number of hydrogen-bond donors (Lipinski definition) is 1. The van der Waals surface area contributed by atoms with Gasteiger partial charge in [0.2, 0.25) is 5.91 Å². The van der Waals surface area contributed by atoms with Crippen LogP contribution in [0.3, 0.4) is 0 Å². The highest BCUT2D eigenvalue weighted by molar-refractivity contribution is 5.76. The van der Waals surface area contributed by atoms with Gasteiger partial charge in [0.05, 0.1) is 11.7 Å². The molecule has 0 bridgehead atoms. The Morgan fingerprint density at radius 1 is 1.23 bits per heavy atom. The average molecular weight is 359 g/mol. The molecule has 0 radical (unpaired) electrons. The van der Waals surface area contributed by atoms with Gasteiger partial charge in [0.1, 0.15) is 5.82 Å². The average Bonchev–Trinajstić information content (AvgIpc) is 2.77. The quantitative estimate of drug-likeness (QED) is 0.831. The molecule has 1 aromatic heterocycles. The van der Waals surface area contributed by atoms with E-state index >= 15 is 0 Å². The first-order valence-electron chi connectivity index (χ1n) is 9.11. The van der Waals surface area contributed by atoms with Crippen molar-refractivity contribution >= 4 is 5.91 Å². The highest BCUT2D eigenvalue weighted by Gasteiger charge is 2.22. The van der Waals surface area contributed by atoms with Crippen LogP contribution in [0, 0.1) is 25.1 Å². The number of nitrogens with one attached hydrogen (secondary N) is 1. The van der Waals surface area contributed by atoms with Gasteiger partial charge in [0.25, 0.3) is 0 Å². The number of aromatic nitrogens is 2. The molecule has 142 valence electrons. The van der Waals surface area contributed by atoms with Gasteiger partial charge >= 0.3 is 0 Å². The van der Waals surface area contributed by atoms with Crippen molar-refractivity contribution in [2.45, 2.75) is 59.9 Å². The fourth-order valence-corrected chi connectivity index (χ4v) is 3.24. The van der Waals surface area contributed by atoms with E-state index < -0.39 is 0 Å². The van der Waals surface area contributed by atoms with Crippen LogP contribution in [0.4, 0.5) is 4.39 Å². The van der Waals surface area contributed by atoms with Crippen LogP contribution in [0.5, 0.6) is 0 Å². The van der Waals surface area contributed by atoms with E-state index in [9.17, 15) is 9.18 Å². The molecular weight excluding hydrogens is 329 g/mol. The Kier molecular flexibility index (Phi) is 6.21. The normalized spacial score (nSPS) is 12.9. The number of aryl methyl sites for hydroxylation is 2. The predicted octanol–water partition coefficient (Wildman–Crippen LogP) is 4.40. The molecule has 0 spiro atoms. The van der Waals surface area contributed by atoms with Gasteiger partial charge in [-0.2, -0.15) is 5.10 Å². The molecule has 2 aromatic rings. The zero-order chi connectivity index (χ0) is 19.5. The number of carbonyl (C=O) groups excluding carboxylic acids is 1. The zero-order valence-corrected chi connectivity index (χ0v) is 16.7. The smallest absolute Gasteiger partial charge is 0.220 e. The van der Waals surface area contributed by atoms with Crippen LogP contribution in [0.1, 0.15) is 62.2 Å². The number of hydrogen-bond acceptors (Lipinski definition) is 2. The maximum atomic E-state index is 13.2. The first-order chi connectivity index (χ1) is 12.1. The van der Waals surface area contributed by atoms with Gasteiger partial charge in [0.15, 0.2) is 0 Å². The van der Waals surface area contributed by atoms with Gasteiger partial charge in [-0.05, 0) is 55.4 Å². The number of amides is 1. The van der Waals surface area contributed by atoms with Gasteiger partial charge in [-0.3, -0.25) is 9.48 Å². The molecule has 1 aromatic carbocycles. The van der Waals surface area contributed by atoms with Crippen LogP contribution in [0.15, 0.2) is 24.3 Å². The topological polar surface area (TPSA) is 46.9 Å². The summed E-state index contributed by atoms with van der Waals surface area (Å²) in [6.45, 7) is 10.4. The second-order valence-corrected chi connectivity index (χ2v) is 8.21. The fourth-order valence-electron chi connectivity index (χ4n) is 3.24. The maximum absolute atomic E-state index is 13.2. The lowest BCUT2D eigenvalue weighted by atomic mass is 9.85. The van der Waals surface area contributed by atoms with Gasteiger partial charge < -0.3 is 5.32 Å². The van der Waals surface area contributed by atoms with E-state index in [0.29, 0.717) is 12.8 Å². The zero-order valence-electron chi connectivity index (χ0n) is 16.7. The highest BCUT2D eigenvalue weighted by Crippen LogP contribution is 2.29. The highest BCUT2D eigenvalue weighted by atomic mass is 19.1. The molecule has 0 aliphatic rings. The summed E-state index contributed by atoms with van der Waals surface area (Å²) in [4.78, 5) is 12.6. The Labute approximate surface area is 155 Å². The Morgan fingerprint density at radius 3 is 2.35 bits per heavy atom. The second-order valence-electron chi connectivity index (χ2n) is 8.21. The lowest BCUT2D eigenvalue weighted by Gasteiger charge is -2.27. The van der Waals surface area contributed by atoms with Crippen molar-refractivity contribution in [2.24, 2.45) is 12.5 Å². The van der Waals surface area contributed by atoms with Crippen LogP contribution >= 0.6 is 0 Å². The summed E-state index contributed by atoms with van der Waals surface area (Å²) in [5.74, 6) is -0.261. The van der Waals surface area contributed by atoms with E-state index in [2.05, 4.69) is 31.2 Å². The molecule has 0 unspecified atom stereocenters. The van der Waals surface area contributed by atoms with Crippen molar-refractivity contribution < 1.29 is 9.18 Å². The molecule has 1 atom stereocenters. The maximum Gasteiger partial charge on any atom is 0.220 e. The minimum Gasteiger partial charge on any atom is -0.349 e. The van der Waals surface area contributed by atoms with Crippen molar-refractivity contribution in [3.05, 3.63) is 52.6 Å². The minimum atomic E-state index is -0.267. The standard InChI is InChI=1S/C21H30FN3O/c1-14-18(15(2)25(6)24-14)11-12-20(26)23-19(13-21(3,4)5)16-7-9-17(22)10-8-16/h7-10,19H,11-13H2,1-6H3,(H,23,26)/t19-/m0/s1. The summed E-state index contributed by atoms with van der Waals surface area (Å²) in [5.41, 5.74) is 4.19. The van der Waals surface area contributed by atoms with E-state index in [1.165, 1.54) is 12.1 Å².